The van der Waals surface area contributed by atoms with E-state index in [-0.39, 0.29) is 11.7 Å². The Balaban J connectivity index is 1.87. The molecule has 0 aliphatic heterocycles. The average Bonchev–Trinajstić information content (AvgIpc) is 2.43. The van der Waals surface area contributed by atoms with E-state index >= 15 is 0 Å². The lowest BCUT2D eigenvalue weighted by molar-refractivity contribution is -0.124. The Labute approximate surface area is 134 Å². The van der Waals surface area contributed by atoms with E-state index in [2.05, 4.69) is 5.32 Å². The van der Waals surface area contributed by atoms with E-state index in [1.165, 1.54) is 12.1 Å². The number of halogens is 2. The topological polar surface area (TPSA) is 29.1 Å². The Morgan fingerprint density at radius 3 is 2.41 bits per heavy atom. The van der Waals surface area contributed by atoms with Crippen molar-refractivity contribution in [3.8, 4) is 0 Å². The van der Waals surface area contributed by atoms with E-state index in [1.54, 1.807) is 18.2 Å². The predicted molar refractivity (Wildman–Crippen MR) is 86.7 cm³/mol. The summed E-state index contributed by atoms with van der Waals surface area (Å²) in [4.78, 5) is 12.8. The van der Waals surface area contributed by atoms with Crippen molar-refractivity contribution in [3.63, 3.8) is 0 Å². The SMILES string of the molecule is Cc1cc(Cl)ccc1NC(=O)C1(c2ccc(F)cc2)CCC1. The largest absolute Gasteiger partial charge is 0.325 e. The van der Waals surface area contributed by atoms with Crippen molar-refractivity contribution in [2.45, 2.75) is 31.6 Å². The molecule has 0 radical (unpaired) electrons. The molecule has 2 nitrogen and oxygen atoms in total. The molecule has 22 heavy (non-hydrogen) atoms. The quantitative estimate of drug-likeness (QED) is 0.861. The summed E-state index contributed by atoms with van der Waals surface area (Å²) in [5.74, 6) is -0.317. The number of carbonyl (C=O) groups excluding carboxylic acids is 1. The third kappa shape index (κ3) is 2.61. The number of amides is 1. The molecule has 1 fully saturated rings. The fourth-order valence-electron chi connectivity index (χ4n) is 2.96. The lowest BCUT2D eigenvalue weighted by Gasteiger charge is -2.40. The van der Waals surface area contributed by atoms with E-state index in [9.17, 15) is 9.18 Å². The second kappa shape index (κ2) is 5.73. The molecule has 1 amide bonds. The minimum Gasteiger partial charge on any atom is -0.325 e. The van der Waals surface area contributed by atoms with Gasteiger partial charge in [0.05, 0.1) is 5.41 Å². The van der Waals surface area contributed by atoms with Crippen LogP contribution in [0.4, 0.5) is 10.1 Å². The molecule has 1 saturated carbocycles. The molecule has 3 rings (SSSR count). The van der Waals surface area contributed by atoms with Crippen LogP contribution in [-0.4, -0.2) is 5.91 Å². The van der Waals surface area contributed by atoms with E-state index in [4.69, 9.17) is 11.6 Å². The number of hydrogen-bond donors (Lipinski definition) is 1. The predicted octanol–water partition coefficient (Wildman–Crippen LogP) is 4.85. The van der Waals surface area contributed by atoms with Crippen molar-refractivity contribution in [2.75, 3.05) is 5.32 Å². The Morgan fingerprint density at radius 2 is 1.86 bits per heavy atom. The number of benzene rings is 2. The van der Waals surface area contributed by atoms with Gasteiger partial charge < -0.3 is 5.32 Å². The first-order valence-corrected chi connectivity index (χ1v) is 7.73. The van der Waals surface area contributed by atoms with Gasteiger partial charge in [0, 0.05) is 10.7 Å². The number of hydrogen-bond acceptors (Lipinski definition) is 1. The second-order valence-electron chi connectivity index (χ2n) is 5.86. The van der Waals surface area contributed by atoms with Crippen molar-refractivity contribution in [1.29, 1.82) is 0 Å². The fourth-order valence-corrected chi connectivity index (χ4v) is 3.18. The molecule has 114 valence electrons. The molecule has 2 aromatic rings. The molecule has 0 saturated heterocycles. The molecular formula is C18H17ClFNO. The Kier molecular flexibility index (Phi) is 3.92. The minimum atomic E-state index is -0.542. The third-order valence-corrected chi connectivity index (χ3v) is 4.71. The highest BCUT2D eigenvalue weighted by molar-refractivity contribution is 6.30. The van der Waals surface area contributed by atoms with Gasteiger partial charge in [-0.1, -0.05) is 30.2 Å². The summed E-state index contributed by atoms with van der Waals surface area (Å²) in [5.41, 5.74) is 2.03. The Bertz CT molecular complexity index is 708. The van der Waals surface area contributed by atoms with Crippen LogP contribution in [-0.2, 0) is 10.2 Å². The van der Waals surface area contributed by atoms with Crippen LogP contribution in [0.3, 0.4) is 0 Å². The number of nitrogens with one attached hydrogen (secondary N) is 1. The van der Waals surface area contributed by atoms with Crippen LogP contribution in [0.5, 0.6) is 0 Å². The maximum Gasteiger partial charge on any atom is 0.235 e. The highest BCUT2D eigenvalue weighted by atomic mass is 35.5. The number of anilines is 1. The zero-order valence-electron chi connectivity index (χ0n) is 12.3. The molecule has 1 aliphatic rings. The molecule has 0 atom stereocenters. The van der Waals surface area contributed by atoms with Crippen LogP contribution in [0.1, 0.15) is 30.4 Å². The van der Waals surface area contributed by atoms with Gasteiger partial charge in [-0.25, -0.2) is 4.39 Å². The van der Waals surface area contributed by atoms with Gasteiger partial charge in [0.15, 0.2) is 0 Å². The molecule has 4 heteroatoms. The number of rotatable bonds is 3. The van der Waals surface area contributed by atoms with E-state index in [0.29, 0.717) is 5.02 Å². The molecule has 0 unspecified atom stereocenters. The van der Waals surface area contributed by atoms with Crippen LogP contribution in [0.25, 0.3) is 0 Å². The first-order valence-electron chi connectivity index (χ1n) is 7.35. The Hall–Kier alpha value is -1.87. The molecular weight excluding hydrogens is 301 g/mol. The van der Waals surface area contributed by atoms with Gasteiger partial charge in [-0.05, 0) is 61.2 Å². The van der Waals surface area contributed by atoms with Crippen LogP contribution in [0.15, 0.2) is 42.5 Å². The van der Waals surface area contributed by atoms with Crippen molar-refractivity contribution in [3.05, 3.63) is 64.4 Å². The fraction of sp³-hybridized carbons (Fsp3) is 0.278. The van der Waals surface area contributed by atoms with Gasteiger partial charge in [0.2, 0.25) is 5.91 Å². The van der Waals surface area contributed by atoms with E-state index < -0.39 is 5.41 Å². The smallest absolute Gasteiger partial charge is 0.235 e. The summed E-state index contributed by atoms with van der Waals surface area (Å²) in [7, 11) is 0. The van der Waals surface area contributed by atoms with Crippen molar-refractivity contribution in [2.24, 2.45) is 0 Å². The maximum atomic E-state index is 13.1. The number of aryl methyl sites for hydroxylation is 1. The molecule has 0 bridgehead atoms. The zero-order chi connectivity index (χ0) is 15.7. The number of carbonyl (C=O) groups is 1. The van der Waals surface area contributed by atoms with Gasteiger partial charge in [0.25, 0.3) is 0 Å². The van der Waals surface area contributed by atoms with Crippen molar-refractivity contribution >= 4 is 23.2 Å². The lowest BCUT2D eigenvalue weighted by atomic mass is 9.63. The van der Waals surface area contributed by atoms with Crippen molar-refractivity contribution < 1.29 is 9.18 Å². The van der Waals surface area contributed by atoms with E-state index in [0.717, 1.165) is 36.1 Å². The lowest BCUT2D eigenvalue weighted by Crippen LogP contribution is -2.46. The Morgan fingerprint density at radius 1 is 1.18 bits per heavy atom. The normalized spacial score (nSPS) is 16.0. The summed E-state index contributed by atoms with van der Waals surface area (Å²) in [6.07, 6.45) is 2.58. The second-order valence-corrected chi connectivity index (χ2v) is 6.29. The molecule has 1 aliphatic carbocycles. The summed E-state index contributed by atoms with van der Waals surface area (Å²) in [5, 5.41) is 3.65. The van der Waals surface area contributed by atoms with Crippen LogP contribution in [0, 0.1) is 12.7 Å². The summed E-state index contributed by atoms with van der Waals surface area (Å²) in [6, 6.07) is 11.6. The highest BCUT2D eigenvalue weighted by Crippen LogP contribution is 2.44. The first kappa shape index (κ1) is 15.0. The monoisotopic (exact) mass is 317 g/mol. The van der Waals surface area contributed by atoms with Gasteiger partial charge in [-0.15, -0.1) is 0 Å². The highest BCUT2D eigenvalue weighted by Gasteiger charge is 2.45. The molecule has 0 aromatic heterocycles. The summed E-state index contributed by atoms with van der Waals surface area (Å²) < 4.78 is 13.1. The zero-order valence-corrected chi connectivity index (χ0v) is 13.1. The average molecular weight is 318 g/mol. The summed E-state index contributed by atoms with van der Waals surface area (Å²) >= 11 is 5.94. The minimum absolute atomic E-state index is 0.0317. The molecule has 2 aromatic carbocycles. The summed E-state index contributed by atoms with van der Waals surface area (Å²) in [6.45, 7) is 1.91. The van der Waals surface area contributed by atoms with E-state index in [1.807, 2.05) is 19.1 Å². The third-order valence-electron chi connectivity index (χ3n) is 4.48. The van der Waals surface area contributed by atoms with Crippen LogP contribution in [0.2, 0.25) is 5.02 Å². The van der Waals surface area contributed by atoms with Gasteiger partial charge in [-0.2, -0.15) is 0 Å². The molecule has 1 N–H and O–H groups in total. The first-order chi connectivity index (χ1) is 10.5. The van der Waals surface area contributed by atoms with Crippen LogP contribution >= 0.6 is 11.6 Å². The van der Waals surface area contributed by atoms with Gasteiger partial charge in [0.1, 0.15) is 5.82 Å². The standard InChI is InChI=1S/C18H17ClFNO/c1-12-11-14(19)5-8-16(12)21-17(22)18(9-2-10-18)13-3-6-15(20)7-4-13/h3-8,11H,2,9-10H2,1H3,(H,21,22). The van der Waals surface area contributed by atoms with Gasteiger partial charge in [-0.3, -0.25) is 4.79 Å². The molecule has 0 heterocycles. The maximum absolute atomic E-state index is 13.1. The van der Waals surface area contributed by atoms with Gasteiger partial charge >= 0.3 is 0 Å². The van der Waals surface area contributed by atoms with Crippen LogP contribution < -0.4 is 5.32 Å². The van der Waals surface area contributed by atoms with Crippen molar-refractivity contribution in [1.82, 2.24) is 0 Å². The molecule has 0 spiro atoms.